The highest BCUT2D eigenvalue weighted by Gasteiger charge is 2.18. The van der Waals surface area contributed by atoms with Gasteiger partial charge in [0.15, 0.2) is 0 Å². The molecule has 1 heterocycles. The van der Waals surface area contributed by atoms with Crippen molar-refractivity contribution in [2.75, 3.05) is 6.61 Å². The van der Waals surface area contributed by atoms with Gasteiger partial charge in [-0.15, -0.1) is 0 Å². The summed E-state index contributed by atoms with van der Waals surface area (Å²) < 4.78 is 5.61. The molecule has 1 heteroatoms. The summed E-state index contributed by atoms with van der Waals surface area (Å²) in [7, 11) is 0. The minimum atomic E-state index is 0.546. The van der Waals surface area contributed by atoms with Crippen LogP contribution in [0.15, 0.2) is 35.9 Å². The van der Waals surface area contributed by atoms with Crippen LogP contribution in [-0.2, 0) is 0 Å². The lowest BCUT2D eigenvalue weighted by Crippen LogP contribution is -2.12. The van der Waals surface area contributed by atoms with Crippen LogP contribution in [0.2, 0.25) is 0 Å². The molecule has 0 saturated heterocycles. The summed E-state index contributed by atoms with van der Waals surface area (Å²) >= 11 is 0. The van der Waals surface area contributed by atoms with Crippen LogP contribution in [0.5, 0.6) is 5.75 Å². The van der Waals surface area contributed by atoms with Gasteiger partial charge < -0.3 is 4.74 Å². The van der Waals surface area contributed by atoms with Crippen molar-refractivity contribution < 1.29 is 4.74 Å². The Morgan fingerprint density at radius 3 is 2.93 bits per heavy atom. The highest BCUT2D eigenvalue weighted by atomic mass is 16.5. The third kappa shape index (κ3) is 1.82. The molecule has 0 saturated carbocycles. The second-order valence-corrected chi connectivity index (χ2v) is 4.03. The summed E-state index contributed by atoms with van der Waals surface area (Å²) in [6.45, 7) is 5.14. The van der Waals surface area contributed by atoms with E-state index in [9.17, 15) is 0 Å². The van der Waals surface area contributed by atoms with Crippen LogP contribution in [0.25, 0.3) is 0 Å². The molecule has 74 valence electrons. The van der Waals surface area contributed by atoms with Gasteiger partial charge in [-0.2, -0.15) is 0 Å². The summed E-state index contributed by atoms with van der Waals surface area (Å²) in [5.74, 6) is 1.60. The molecule has 1 aliphatic heterocycles. The normalized spacial score (nSPS) is 19.4. The van der Waals surface area contributed by atoms with Gasteiger partial charge in [-0.1, -0.05) is 29.8 Å². The van der Waals surface area contributed by atoms with Gasteiger partial charge in [0.05, 0.1) is 6.61 Å². The monoisotopic (exact) mass is 188 g/mol. The zero-order valence-electron chi connectivity index (χ0n) is 8.79. The summed E-state index contributed by atoms with van der Waals surface area (Å²) in [5.41, 5.74) is 2.71. The average molecular weight is 188 g/mol. The maximum Gasteiger partial charge on any atom is 0.123 e. The quantitative estimate of drug-likeness (QED) is 0.613. The van der Waals surface area contributed by atoms with Crippen LogP contribution < -0.4 is 4.74 Å². The maximum absolute atomic E-state index is 5.61. The Bertz CT molecular complexity index is 348. The van der Waals surface area contributed by atoms with E-state index in [4.69, 9.17) is 4.74 Å². The van der Waals surface area contributed by atoms with Crippen LogP contribution in [0, 0.1) is 0 Å². The highest BCUT2D eigenvalue weighted by Crippen LogP contribution is 2.34. The molecule has 0 radical (unpaired) electrons. The van der Waals surface area contributed by atoms with Gasteiger partial charge in [0, 0.05) is 11.5 Å². The predicted molar refractivity (Wildman–Crippen MR) is 58.7 cm³/mol. The molecule has 2 rings (SSSR count). The second kappa shape index (κ2) is 3.87. The molecule has 0 fully saturated rings. The first-order chi connectivity index (χ1) is 6.77. The van der Waals surface area contributed by atoms with E-state index in [1.807, 2.05) is 6.07 Å². The molecule has 1 aliphatic rings. The van der Waals surface area contributed by atoms with E-state index in [0.717, 1.165) is 18.8 Å². The molecule has 1 aromatic rings. The number of allylic oxidation sites excluding steroid dienone is 2. The van der Waals surface area contributed by atoms with Crippen molar-refractivity contribution in [1.82, 2.24) is 0 Å². The first-order valence-electron chi connectivity index (χ1n) is 5.14. The van der Waals surface area contributed by atoms with Crippen molar-refractivity contribution in [2.24, 2.45) is 0 Å². The minimum absolute atomic E-state index is 0.546. The van der Waals surface area contributed by atoms with Gasteiger partial charge in [-0.3, -0.25) is 0 Å². The zero-order chi connectivity index (χ0) is 9.97. The van der Waals surface area contributed by atoms with Crippen LogP contribution in [-0.4, -0.2) is 6.61 Å². The number of hydrogen-bond acceptors (Lipinski definition) is 1. The van der Waals surface area contributed by atoms with Gasteiger partial charge in [0.1, 0.15) is 5.75 Å². The van der Waals surface area contributed by atoms with Crippen molar-refractivity contribution in [3.05, 3.63) is 41.5 Å². The molecule has 1 nitrogen and oxygen atoms in total. The number of rotatable bonds is 1. The molecule has 14 heavy (non-hydrogen) atoms. The smallest absolute Gasteiger partial charge is 0.123 e. The minimum Gasteiger partial charge on any atom is -0.493 e. The molecule has 1 atom stereocenters. The molecule has 1 aromatic carbocycles. The molecule has 0 N–H and O–H groups in total. The average Bonchev–Trinajstić information content (AvgIpc) is 2.18. The number of ether oxygens (including phenoxy) is 1. The first kappa shape index (κ1) is 9.32. The molecule has 0 aromatic heterocycles. The third-order valence-corrected chi connectivity index (χ3v) is 2.54. The first-order valence-corrected chi connectivity index (χ1v) is 5.14. The Kier molecular flexibility index (Phi) is 2.58. The lowest BCUT2D eigenvalue weighted by atomic mass is 9.92. The number of fused-ring (bicyclic) bond motifs is 1. The Morgan fingerprint density at radius 2 is 2.14 bits per heavy atom. The van der Waals surface area contributed by atoms with Crippen LogP contribution >= 0.6 is 0 Å². The summed E-state index contributed by atoms with van der Waals surface area (Å²) in [5, 5.41) is 0. The van der Waals surface area contributed by atoms with E-state index >= 15 is 0 Å². The zero-order valence-corrected chi connectivity index (χ0v) is 8.79. The molecular formula is C13H16O. The molecule has 0 amide bonds. The lowest BCUT2D eigenvalue weighted by molar-refractivity contribution is 0.278. The van der Waals surface area contributed by atoms with E-state index in [1.54, 1.807) is 0 Å². The van der Waals surface area contributed by atoms with E-state index in [1.165, 1.54) is 11.1 Å². The predicted octanol–water partition coefficient (Wildman–Crippen LogP) is 3.52. The van der Waals surface area contributed by atoms with Crippen molar-refractivity contribution in [1.29, 1.82) is 0 Å². The van der Waals surface area contributed by atoms with Gasteiger partial charge in [-0.25, -0.2) is 0 Å². The van der Waals surface area contributed by atoms with E-state index < -0.39 is 0 Å². The number of hydrogen-bond donors (Lipinski definition) is 0. The molecule has 0 bridgehead atoms. The maximum atomic E-state index is 5.61. The Morgan fingerprint density at radius 1 is 1.36 bits per heavy atom. The largest absolute Gasteiger partial charge is 0.493 e. The summed E-state index contributed by atoms with van der Waals surface area (Å²) in [6, 6.07) is 8.34. The molecule has 0 spiro atoms. The summed E-state index contributed by atoms with van der Waals surface area (Å²) in [4.78, 5) is 0. The van der Waals surface area contributed by atoms with Crippen molar-refractivity contribution in [2.45, 2.75) is 26.2 Å². The van der Waals surface area contributed by atoms with Gasteiger partial charge in [-0.05, 0) is 26.3 Å². The molecule has 0 aliphatic carbocycles. The van der Waals surface area contributed by atoms with Crippen molar-refractivity contribution in [3.63, 3.8) is 0 Å². The molecule has 1 unspecified atom stereocenters. The highest BCUT2D eigenvalue weighted by molar-refractivity contribution is 5.40. The fourth-order valence-electron chi connectivity index (χ4n) is 1.95. The van der Waals surface area contributed by atoms with Gasteiger partial charge in [0.2, 0.25) is 0 Å². The lowest BCUT2D eigenvalue weighted by Gasteiger charge is -2.23. The van der Waals surface area contributed by atoms with Crippen molar-refractivity contribution >= 4 is 0 Å². The van der Waals surface area contributed by atoms with E-state index in [0.29, 0.717) is 5.92 Å². The second-order valence-electron chi connectivity index (χ2n) is 4.03. The van der Waals surface area contributed by atoms with Crippen molar-refractivity contribution in [3.8, 4) is 5.75 Å². The summed E-state index contributed by atoms with van der Waals surface area (Å²) in [6.07, 6.45) is 3.43. The fraction of sp³-hybridized carbons (Fsp3) is 0.385. The Hall–Kier alpha value is -1.24. The molecular weight excluding hydrogens is 172 g/mol. The van der Waals surface area contributed by atoms with Crippen LogP contribution in [0.3, 0.4) is 0 Å². The fourth-order valence-corrected chi connectivity index (χ4v) is 1.95. The van der Waals surface area contributed by atoms with Crippen LogP contribution in [0.1, 0.15) is 31.7 Å². The van der Waals surface area contributed by atoms with E-state index in [2.05, 4.69) is 38.1 Å². The topological polar surface area (TPSA) is 9.23 Å². The Balaban J connectivity index is 2.35. The standard InChI is InChI=1S/C13H16O/c1-10(2)9-11-7-8-14-13-6-4-3-5-12(11)13/h3-6,9,11H,7-8H2,1-2H3. The van der Waals surface area contributed by atoms with E-state index in [-0.39, 0.29) is 0 Å². The SMILES string of the molecule is CC(C)=CC1CCOc2ccccc21. The van der Waals surface area contributed by atoms with Gasteiger partial charge in [0.25, 0.3) is 0 Å². The van der Waals surface area contributed by atoms with Crippen LogP contribution in [0.4, 0.5) is 0 Å². The number of benzene rings is 1. The third-order valence-electron chi connectivity index (χ3n) is 2.54. The Labute approximate surface area is 85.4 Å². The number of para-hydroxylation sites is 1. The van der Waals surface area contributed by atoms with Gasteiger partial charge >= 0.3 is 0 Å².